The molecule has 0 aliphatic heterocycles. The van der Waals surface area contributed by atoms with Crippen molar-refractivity contribution < 1.29 is 19.2 Å². The molecule has 2 aromatic carbocycles. The number of carbonyl (C=O) groups is 1. The van der Waals surface area contributed by atoms with E-state index in [4.69, 9.17) is 9.47 Å². The zero-order valence-corrected chi connectivity index (χ0v) is 13.2. The Kier molecular flexibility index (Phi) is 4.95. The van der Waals surface area contributed by atoms with Gasteiger partial charge in [-0.2, -0.15) is 0 Å². The third kappa shape index (κ3) is 4.54. The summed E-state index contributed by atoms with van der Waals surface area (Å²) < 4.78 is 10.5. The predicted octanol–water partition coefficient (Wildman–Crippen LogP) is 3.50. The van der Waals surface area contributed by atoms with Crippen LogP contribution in [0.5, 0.6) is 11.5 Å². The van der Waals surface area contributed by atoms with Gasteiger partial charge in [0.2, 0.25) is 5.75 Å². The lowest BCUT2D eigenvalue weighted by molar-refractivity contribution is -0.385. The lowest BCUT2D eigenvalue weighted by Crippen LogP contribution is -2.18. The number of hydrogen-bond donors (Lipinski definition) is 0. The quantitative estimate of drug-likeness (QED) is 0.365. The zero-order valence-electron chi connectivity index (χ0n) is 13.2. The van der Waals surface area contributed by atoms with Crippen molar-refractivity contribution >= 4 is 11.7 Å². The number of nitro groups is 1. The normalized spacial score (nSPS) is 10.2. The molecule has 0 heterocycles. The lowest BCUT2D eigenvalue weighted by atomic mass is 10.1. The minimum absolute atomic E-state index is 0.0796. The maximum Gasteiger partial charge on any atom is 0.349 e. The molecule has 23 heavy (non-hydrogen) atoms. The third-order valence-electron chi connectivity index (χ3n) is 3.09. The second-order valence-corrected chi connectivity index (χ2v) is 5.31. The highest BCUT2D eigenvalue weighted by molar-refractivity contribution is 5.75. The highest BCUT2D eigenvalue weighted by atomic mass is 16.6. The second kappa shape index (κ2) is 6.91. The van der Waals surface area contributed by atoms with Gasteiger partial charge in [0.1, 0.15) is 5.75 Å². The van der Waals surface area contributed by atoms with Gasteiger partial charge in [-0.15, -0.1) is 0 Å². The summed E-state index contributed by atoms with van der Waals surface area (Å²) in [6.45, 7) is 5.28. The zero-order chi connectivity index (χ0) is 17.0. The Labute approximate surface area is 133 Å². The van der Waals surface area contributed by atoms with Crippen molar-refractivity contribution in [3.8, 4) is 11.5 Å². The maximum absolute atomic E-state index is 11.9. The van der Waals surface area contributed by atoms with Gasteiger partial charge in [-0.3, -0.25) is 10.1 Å². The highest BCUT2D eigenvalue weighted by Gasteiger charge is 2.18. The number of hydrogen-bond acceptors (Lipinski definition) is 5. The summed E-state index contributed by atoms with van der Waals surface area (Å²) >= 11 is 0. The fourth-order valence-corrected chi connectivity index (χ4v) is 2.16. The van der Waals surface area contributed by atoms with Crippen LogP contribution in [0.4, 0.5) is 5.69 Å². The fraction of sp³-hybridized carbons (Fsp3) is 0.235. The third-order valence-corrected chi connectivity index (χ3v) is 3.09. The molecular weight excluding hydrogens is 298 g/mol. The van der Waals surface area contributed by atoms with Gasteiger partial charge in [-0.1, -0.05) is 12.1 Å². The smallest absolute Gasteiger partial charge is 0.349 e. The molecule has 0 unspecified atom stereocenters. The van der Waals surface area contributed by atoms with Crippen LogP contribution in [-0.4, -0.2) is 17.5 Å². The van der Waals surface area contributed by atoms with Crippen molar-refractivity contribution in [1.82, 2.24) is 0 Å². The van der Waals surface area contributed by atoms with E-state index in [9.17, 15) is 14.9 Å². The maximum atomic E-state index is 11.9. The second-order valence-electron chi connectivity index (χ2n) is 5.31. The van der Waals surface area contributed by atoms with Crippen LogP contribution in [0.1, 0.15) is 16.7 Å². The Morgan fingerprint density at radius 2 is 1.70 bits per heavy atom. The summed E-state index contributed by atoms with van der Waals surface area (Å²) in [5, 5.41) is 11.0. The molecule has 0 fully saturated rings. The average Bonchev–Trinajstić information content (AvgIpc) is 2.44. The average molecular weight is 315 g/mol. The van der Waals surface area contributed by atoms with E-state index in [-0.39, 0.29) is 18.0 Å². The van der Waals surface area contributed by atoms with Crippen LogP contribution < -0.4 is 9.47 Å². The van der Waals surface area contributed by atoms with E-state index in [1.54, 1.807) is 25.1 Å². The first-order valence-electron chi connectivity index (χ1n) is 7.02. The van der Waals surface area contributed by atoms with Crippen molar-refractivity contribution in [3.05, 3.63) is 63.2 Å². The van der Waals surface area contributed by atoms with Gasteiger partial charge in [-0.05, 0) is 55.7 Å². The van der Waals surface area contributed by atoms with Gasteiger partial charge in [0, 0.05) is 6.07 Å². The molecule has 120 valence electrons. The standard InChI is InChI=1S/C17H17NO5/c1-11-4-5-15(18(20)21)16(9-11)23-17(19)10-22-14-7-12(2)6-13(3)8-14/h4-9H,10H2,1-3H3. The molecule has 2 rings (SSSR count). The van der Waals surface area contributed by atoms with Crippen LogP contribution in [0.3, 0.4) is 0 Å². The molecule has 2 aromatic rings. The predicted molar refractivity (Wildman–Crippen MR) is 84.9 cm³/mol. The number of ether oxygens (including phenoxy) is 2. The molecule has 0 saturated heterocycles. The summed E-state index contributed by atoms with van der Waals surface area (Å²) in [5.74, 6) is -0.222. The van der Waals surface area contributed by atoms with Gasteiger partial charge in [0.15, 0.2) is 6.61 Å². The number of benzene rings is 2. The molecule has 0 atom stereocenters. The SMILES string of the molecule is Cc1cc(C)cc(OCC(=O)Oc2cc(C)ccc2[N+](=O)[O-])c1. The molecule has 0 bridgehead atoms. The lowest BCUT2D eigenvalue weighted by Gasteiger charge is -2.09. The molecular formula is C17H17NO5. The molecule has 0 saturated carbocycles. The summed E-state index contributed by atoms with van der Waals surface area (Å²) in [4.78, 5) is 22.2. The van der Waals surface area contributed by atoms with Crippen LogP contribution in [0.15, 0.2) is 36.4 Å². The van der Waals surface area contributed by atoms with Gasteiger partial charge < -0.3 is 9.47 Å². The van der Waals surface area contributed by atoms with E-state index in [0.717, 1.165) is 16.7 Å². The van der Waals surface area contributed by atoms with Crippen LogP contribution >= 0.6 is 0 Å². The van der Waals surface area contributed by atoms with Gasteiger partial charge >= 0.3 is 11.7 Å². The summed E-state index contributed by atoms with van der Waals surface area (Å²) in [7, 11) is 0. The Bertz CT molecular complexity index is 734. The fourth-order valence-electron chi connectivity index (χ4n) is 2.16. The minimum Gasteiger partial charge on any atom is -0.482 e. The number of esters is 1. The Hall–Kier alpha value is -2.89. The Morgan fingerprint density at radius 1 is 1.04 bits per heavy atom. The summed E-state index contributed by atoms with van der Waals surface area (Å²) in [6, 6.07) is 9.93. The minimum atomic E-state index is -0.696. The molecule has 0 radical (unpaired) electrons. The van der Waals surface area contributed by atoms with Crippen LogP contribution in [0.2, 0.25) is 0 Å². The number of nitro benzene ring substituents is 1. The van der Waals surface area contributed by atoms with Gasteiger partial charge in [-0.25, -0.2) is 4.79 Å². The molecule has 0 N–H and O–H groups in total. The van der Waals surface area contributed by atoms with Crippen molar-refractivity contribution in [3.63, 3.8) is 0 Å². The first-order chi connectivity index (χ1) is 10.8. The van der Waals surface area contributed by atoms with Crippen molar-refractivity contribution in [2.45, 2.75) is 20.8 Å². The van der Waals surface area contributed by atoms with E-state index >= 15 is 0 Å². The van der Waals surface area contributed by atoms with Crippen LogP contribution in [-0.2, 0) is 4.79 Å². The van der Waals surface area contributed by atoms with Crippen molar-refractivity contribution in [2.75, 3.05) is 6.61 Å². The number of carbonyl (C=O) groups excluding carboxylic acids is 1. The highest BCUT2D eigenvalue weighted by Crippen LogP contribution is 2.28. The topological polar surface area (TPSA) is 78.7 Å². The van der Waals surface area contributed by atoms with E-state index in [1.165, 1.54) is 12.1 Å². The molecule has 0 aliphatic carbocycles. The van der Waals surface area contributed by atoms with Gasteiger partial charge in [0.25, 0.3) is 0 Å². The molecule has 0 spiro atoms. The molecule has 0 aliphatic rings. The van der Waals surface area contributed by atoms with Crippen LogP contribution in [0.25, 0.3) is 0 Å². The summed E-state index contributed by atoms with van der Waals surface area (Å²) in [5.41, 5.74) is 2.54. The number of nitrogens with zero attached hydrogens (tertiary/aromatic N) is 1. The van der Waals surface area contributed by atoms with E-state index in [1.807, 2.05) is 19.9 Å². The monoisotopic (exact) mass is 315 g/mol. The van der Waals surface area contributed by atoms with Gasteiger partial charge in [0.05, 0.1) is 4.92 Å². The largest absolute Gasteiger partial charge is 0.482 e. The Balaban J connectivity index is 2.05. The van der Waals surface area contributed by atoms with E-state index in [0.29, 0.717) is 5.75 Å². The molecule has 6 heteroatoms. The Morgan fingerprint density at radius 3 is 2.30 bits per heavy atom. The first kappa shape index (κ1) is 16.5. The number of aryl methyl sites for hydroxylation is 3. The van der Waals surface area contributed by atoms with E-state index in [2.05, 4.69) is 0 Å². The van der Waals surface area contributed by atoms with Crippen LogP contribution in [0, 0.1) is 30.9 Å². The van der Waals surface area contributed by atoms with Crippen molar-refractivity contribution in [1.29, 1.82) is 0 Å². The first-order valence-corrected chi connectivity index (χ1v) is 7.02. The van der Waals surface area contributed by atoms with Crippen molar-refractivity contribution in [2.24, 2.45) is 0 Å². The molecule has 6 nitrogen and oxygen atoms in total. The molecule has 0 aromatic heterocycles. The molecule has 0 amide bonds. The number of rotatable bonds is 5. The summed E-state index contributed by atoms with van der Waals surface area (Å²) in [6.07, 6.45) is 0. The van der Waals surface area contributed by atoms with E-state index < -0.39 is 10.9 Å².